The van der Waals surface area contributed by atoms with Crippen molar-refractivity contribution < 1.29 is 9.18 Å². The largest absolute Gasteiger partial charge is 0.319 e. The molecule has 3 rings (SSSR count). The minimum absolute atomic E-state index is 0.220. The molecule has 2 aromatic heterocycles. The van der Waals surface area contributed by atoms with Gasteiger partial charge in [-0.05, 0) is 38.5 Å². The van der Waals surface area contributed by atoms with Gasteiger partial charge in [-0.15, -0.1) is 0 Å². The van der Waals surface area contributed by atoms with Crippen LogP contribution in [0, 0.1) is 26.6 Å². The molecule has 0 bridgehead atoms. The van der Waals surface area contributed by atoms with Crippen LogP contribution in [0.3, 0.4) is 0 Å². The third-order valence-corrected chi connectivity index (χ3v) is 4.32. The average Bonchev–Trinajstić information content (AvgIpc) is 3.02. The first-order chi connectivity index (χ1) is 11.9. The van der Waals surface area contributed by atoms with E-state index in [1.54, 1.807) is 28.7 Å². The molecule has 0 aliphatic rings. The van der Waals surface area contributed by atoms with Crippen LogP contribution in [0.5, 0.6) is 0 Å². The fourth-order valence-corrected chi connectivity index (χ4v) is 2.74. The molecule has 1 aromatic carbocycles. The molecule has 3 aromatic rings. The van der Waals surface area contributed by atoms with E-state index in [4.69, 9.17) is 0 Å². The fourth-order valence-electron chi connectivity index (χ4n) is 2.74. The molecule has 0 atom stereocenters. The Morgan fingerprint density at radius 1 is 1.24 bits per heavy atom. The number of aryl methyl sites for hydroxylation is 2. The molecule has 0 fully saturated rings. The lowest BCUT2D eigenvalue weighted by molar-refractivity contribution is 0.102. The molecule has 0 aliphatic carbocycles. The summed E-state index contributed by atoms with van der Waals surface area (Å²) in [7, 11) is 1.79. The summed E-state index contributed by atoms with van der Waals surface area (Å²) in [4.78, 5) is 12.5. The first-order valence-corrected chi connectivity index (χ1v) is 7.95. The summed E-state index contributed by atoms with van der Waals surface area (Å²) in [5.74, 6) is -0.498. The SMILES string of the molecule is Cc1nn(Cc2cccc(F)c2)c(C)c1NC(=O)c1cnn(C)c1C. The van der Waals surface area contributed by atoms with Crippen LogP contribution in [0.15, 0.2) is 30.5 Å². The standard InChI is InChI=1S/C18H20FN5O/c1-11-17(21-18(25)16-9-20-23(4)12(16)2)13(3)24(22-11)10-14-6-5-7-15(19)8-14/h5-9H,10H2,1-4H3,(H,21,25). The van der Waals surface area contributed by atoms with Gasteiger partial charge in [-0.3, -0.25) is 14.2 Å². The molecular weight excluding hydrogens is 321 g/mol. The van der Waals surface area contributed by atoms with Crippen molar-refractivity contribution in [3.8, 4) is 0 Å². The average molecular weight is 341 g/mol. The molecule has 0 saturated heterocycles. The Morgan fingerprint density at radius 2 is 2.00 bits per heavy atom. The summed E-state index contributed by atoms with van der Waals surface area (Å²) in [6, 6.07) is 6.40. The van der Waals surface area contributed by atoms with Crippen LogP contribution in [-0.2, 0) is 13.6 Å². The molecule has 2 heterocycles. The van der Waals surface area contributed by atoms with Crippen LogP contribution in [0.2, 0.25) is 0 Å². The van der Waals surface area contributed by atoms with Gasteiger partial charge in [-0.25, -0.2) is 4.39 Å². The second-order valence-corrected chi connectivity index (χ2v) is 6.05. The molecule has 0 radical (unpaired) electrons. The van der Waals surface area contributed by atoms with E-state index in [1.165, 1.54) is 12.1 Å². The van der Waals surface area contributed by atoms with Gasteiger partial charge in [0.2, 0.25) is 0 Å². The monoisotopic (exact) mass is 341 g/mol. The second-order valence-electron chi connectivity index (χ2n) is 6.05. The minimum atomic E-state index is -0.278. The second kappa shape index (κ2) is 6.51. The first-order valence-electron chi connectivity index (χ1n) is 7.95. The Hall–Kier alpha value is -2.96. The van der Waals surface area contributed by atoms with Gasteiger partial charge in [0.15, 0.2) is 0 Å². The van der Waals surface area contributed by atoms with Gasteiger partial charge in [0, 0.05) is 12.7 Å². The maximum atomic E-state index is 13.4. The van der Waals surface area contributed by atoms with E-state index in [-0.39, 0.29) is 11.7 Å². The summed E-state index contributed by atoms with van der Waals surface area (Å²) in [5, 5.41) is 11.5. The summed E-state index contributed by atoms with van der Waals surface area (Å²) < 4.78 is 16.8. The van der Waals surface area contributed by atoms with Crippen LogP contribution >= 0.6 is 0 Å². The zero-order chi connectivity index (χ0) is 18.1. The topological polar surface area (TPSA) is 64.7 Å². The quantitative estimate of drug-likeness (QED) is 0.793. The van der Waals surface area contributed by atoms with Gasteiger partial charge in [0.1, 0.15) is 5.82 Å². The van der Waals surface area contributed by atoms with E-state index in [0.29, 0.717) is 23.5 Å². The number of hydrogen-bond donors (Lipinski definition) is 1. The van der Waals surface area contributed by atoms with Crippen LogP contribution in [0.1, 0.15) is 33.0 Å². The molecule has 0 unspecified atom stereocenters. The zero-order valence-corrected chi connectivity index (χ0v) is 14.7. The number of carbonyl (C=O) groups excluding carboxylic acids is 1. The van der Waals surface area contributed by atoms with E-state index >= 15 is 0 Å². The van der Waals surface area contributed by atoms with Crippen molar-refractivity contribution in [2.24, 2.45) is 7.05 Å². The first kappa shape index (κ1) is 16.9. The number of nitrogens with one attached hydrogen (secondary N) is 1. The van der Waals surface area contributed by atoms with Crippen molar-refractivity contribution in [2.45, 2.75) is 27.3 Å². The van der Waals surface area contributed by atoms with Gasteiger partial charge in [0.05, 0.1) is 35.4 Å². The van der Waals surface area contributed by atoms with Crippen molar-refractivity contribution in [1.29, 1.82) is 0 Å². The van der Waals surface area contributed by atoms with Crippen LogP contribution in [0.25, 0.3) is 0 Å². The van der Waals surface area contributed by atoms with Crippen molar-refractivity contribution in [3.05, 3.63) is 64.5 Å². The minimum Gasteiger partial charge on any atom is -0.319 e. The Labute approximate surface area is 145 Å². The van der Waals surface area contributed by atoms with Crippen LogP contribution in [0.4, 0.5) is 10.1 Å². The van der Waals surface area contributed by atoms with Gasteiger partial charge in [-0.1, -0.05) is 12.1 Å². The summed E-state index contributed by atoms with van der Waals surface area (Å²) in [6.07, 6.45) is 1.55. The maximum absolute atomic E-state index is 13.4. The molecule has 0 spiro atoms. The van der Waals surface area contributed by atoms with Gasteiger partial charge in [-0.2, -0.15) is 10.2 Å². The molecule has 0 aliphatic heterocycles. The fraction of sp³-hybridized carbons (Fsp3) is 0.278. The molecule has 25 heavy (non-hydrogen) atoms. The van der Waals surface area contributed by atoms with Gasteiger partial charge >= 0.3 is 0 Å². The third-order valence-electron chi connectivity index (χ3n) is 4.32. The van der Waals surface area contributed by atoms with Crippen LogP contribution < -0.4 is 5.32 Å². The smallest absolute Gasteiger partial charge is 0.259 e. The highest BCUT2D eigenvalue weighted by atomic mass is 19.1. The normalized spacial score (nSPS) is 10.9. The van der Waals surface area contributed by atoms with Crippen molar-refractivity contribution in [2.75, 3.05) is 5.32 Å². The van der Waals surface area contributed by atoms with E-state index in [2.05, 4.69) is 15.5 Å². The highest BCUT2D eigenvalue weighted by molar-refractivity contribution is 6.05. The lowest BCUT2D eigenvalue weighted by Crippen LogP contribution is -2.14. The molecule has 6 nitrogen and oxygen atoms in total. The lowest BCUT2D eigenvalue weighted by Gasteiger charge is -2.07. The van der Waals surface area contributed by atoms with Crippen molar-refractivity contribution in [3.63, 3.8) is 0 Å². The molecule has 1 amide bonds. The van der Waals surface area contributed by atoms with E-state index in [0.717, 1.165) is 17.0 Å². The molecule has 0 saturated carbocycles. The predicted octanol–water partition coefficient (Wildman–Crippen LogP) is 2.98. The number of benzene rings is 1. The third kappa shape index (κ3) is 3.31. The molecule has 7 heteroatoms. The summed E-state index contributed by atoms with van der Waals surface area (Å²) in [6.45, 7) is 5.99. The van der Waals surface area contributed by atoms with Crippen molar-refractivity contribution in [1.82, 2.24) is 19.6 Å². The van der Waals surface area contributed by atoms with E-state index < -0.39 is 0 Å². The zero-order valence-electron chi connectivity index (χ0n) is 14.7. The highest BCUT2D eigenvalue weighted by Crippen LogP contribution is 2.22. The number of halogens is 1. The number of amides is 1. The Balaban J connectivity index is 1.84. The van der Waals surface area contributed by atoms with Crippen LogP contribution in [-0.4, -0.2) is 25.5 Å². The Morgan fingerprint density at radius 3 is 2.64 bits per heavy atom. The van der Waals surface area contributed by atoms with Gasteiger partial charge in [0.25, 0.3) is 5.91 Å². The molecular formula is C18H20FN5O. The number of rotatable bonds is 4. The van der Waals surface area contributed by atoms with Gasteiger partial charge < -0.3 is 5.32 Å². The van der Waals surface area contributed by atoms with E-state index in [9.17, 15) is 9.18 Å². The Bertz CT molecular complexity index is 941. The summed E-state index contributed by atoms with van der Waals surface area (Å²) in [5.41, 5.74) is 4.33. The Kier molecular flexibility index (Phi) is 4.39. The van der Waals surface area contributed by atoms with E-state index in [1.807, 2.05) is 26.8 Å². The lowest BCUT2D eigenvalue weighted by atomic mass is 10.2. The number of nitrogens with zero attached hydrogens (tertiary/aromatic N) is 4. The highest BCUT2D eigenvalue weighted by Gasteiger charge is 2.18. The number of aromatic nitrogens is 4. The predicted molar refractivity (Wildman–Crippen MR) is 93.1 cm³/mol. The number of hydrogen-bond acceptors (Lipinski definition) is 3. The van der Waals surface area contributed by atoms with Crippen molar-refractivity contribution >= 4 is 11.6 Å². The molecule has 1 N–H and O–H groups in total. The molecule has 130 valence electrons. The number of anilines is 1. The maximum Gasteiger partial charge on any atom is 0.259 e. The number of carbonyl (C=O) groups is 1. The summed E-state index contributed by atoms with van der Waals surface area (Å²) >= 11 is 0.